The fraction of sp³-hybridized carbons (Fsp3) is 0.462. The van der Waals surface area contributed by atoms with Crippen LogP contribution < -0.4 is 4.74 Å². The van der Waals surface area contributed by atoms with Crippen molar-refractivity contribution in [2.24, 2.45) is 0 Å². The first-order chi connectivity index (χ1) is 9.69. The Balaban J connectivity index is 2.38. The minimum Gasteiger partial charge on any atom is -0.493 e. The summed E-state index contributed by atoms with van der Waals surface area (Å²) in [5.41, 5.74) is -0.230. The number of benzene rings is 1. The van der Waals surface area contributed by atoms with Crippen molar-refractivity contribution < 1.29 is 19.1 Å². The van der Waals surface area contributed by atoms with Crippen molar-refractivity contribution in [1.82, 2.24) is 0 Å². The first-order valence-electron chi connectivity index (χ1n) is 6.07. The predicted molar refractivity (Wildman–Crippen MR) is 70.6 cm³/mol. The van der Waals surface area contributed by atoms with E-state index in [1.54, 1.807) is 13.2 Å². The van der Waals surface area contributed by atoms with E-state index in [1.165, 1.54) is 18.2 Å². The van der Waals surface area contributed by atoms with Crippen molar-refractivity contribution in [3.05, 3.63) is 33.9 Å². The number of nitro groups is 1. The van der Waals surface area contributed by atoms with Gasteiger partial charge in [0.2, 0.25) is 0 Å². The summed E-state index contributed by atoms with van der Waals surface area (Å²) in [5.74, 6) is 0.434. The molecule has 0 aromatic heterocycles. The van der Waals surface area contributed by atoms with Gasteiger partial charge in [-0.1, -0.05) is 0 Å². The van der Waals surface area contributed by atoms with E-state index in [0.29, 0.717) is 38.6 Å². The number of nitrogens with zero attached hydrogens (tertiary/aromatic N) is 2. The van der Waals surface area contributed by atoms with E-state index in [1.807, 2.05) is 0 Å². The van der Waals surface area contributed by atoms with Crippen LogP contribution in [0.5, 0.6) is 5.75 Å². The summed E-state index contributed by atoms with van der Waals surface area (Å²) in [6.45, 7) is 2.04. The molecule has 0 bridgehead atoms. The van der Waals surface area contributed by atoms with Gasteiger partial charge in [-0.05, 0) is 6.07 Å². The standard InChI is InChI=1S/C13H16N2O5/c1-18-7-8-19-5-2-6-20-12-3-4-13(15(16)17)11(9-12)10-14/h3-4,9H,2,5-8H2,1H3. The number of ether oxygens (including phenoxy) is 3. The van der Waals surface area contributed by atoms with E-state index >= 15 is 0 Å². The predicted octanol–water partition coefficient (Wildman–Crippen LogP) is 1.90. The zero-order chi connectivity index (χ0) is 14.8. The molecule has 0 saturated carbocycles. The third kappa shape index (κ3) is 5.22. The van der Waals surface area contributed by atoms with Crippen LogP contribution in [0.1, 0.15) is 12.0 Å². The molecule has 1 aromatic carbocycles. The van der Waals surface area contributed by atoms with Crippen LogP contribution in [0.25, 0.3) is 0 Å². The van der Waals surface area contributed by atoms with Gasteiger partial charge in [0.1, 0.15) is 17.4 Å². The highest BCUT2D eigenvalue weighted by Gasteiger charge is 2.13. The van der Waals surface area contributed by atoms with E-state index in [2.05, 4.69) is 0 Å². The maximum Gasteiger partial charge on any atom is 0.287 e. The molecule has 0 amide bonds. The minimum atomic E-state index is -0.591. The molecule has 1 rings (SSSR count). The third-order valence-corrected chi connectivity index (χ3v) is 2.42. The number of methoxy groups -OCH3 is 1. The van der Waals surface area contributed by atoms with Gasteiger partial charge in [-0.25, -0.2) is 0 Å². The van der Waals surface area contributed by atoms with Crippen molar-refractivity contribution in [2.45, 2.75) is 6.42 Å². The summed E-state index contributed by atoms with van der Waals surface area (Å²) in [7, 11) is 1.61. The van der Waals surface area contributed by atoms with Gasteiger partial charge in [0, 0.05) is 32.3 Å². The molecule has 7 nitrogen and oxygen atoms in total. The average Bonchev–Trinajstić information content (AvgIpc) is 2.45. The zero-order valence-corrected chi connectivity index (χ0v) is 11.2. The molecule has 0 N–H and O–H groups in total. The first kappa shape index (κ1) is 15.9. The van der Waals surface area contributed by atoms with Crippen LogP contribution in [0.15, 0.2) is 18.2 Å². The maximum atomic E-state index is 10.7. The van der Waals surface area contributed by atoms with Gasteiger partial charge in [-0.2, -0.15) is 5.26 Å². The van der Waals surface area contributed by atoms with Gasteiger partial charge in [0.25, 0.3) is 5.69 Å². The second-order valence-corrected chi connectivity index (χ2v) is 3.86. The summed E-state index contributed by atoms with van der Waals surface area (Å²) < 4.78 is 15.5. The van der Waals surface area contributed by atoms with Gasteiger partial charge >= 0.3 is 0 Å². The topological polar surface area (TPSA) is 94.6 Å². The second-order valence-electron chi connectivity index (χ2n) is 3.86. The molecule has 0 aliphatic rings. The van der Waals surface area contributed by atoms with Crippen molar-refractivity contribution in [2.75, 3.05) is 33.5 Å². The SMILES string of the molecule is COCCOCCCOc1ccc([N+](=O)[O-])c(C#N)c1. The monoisotopic (exact) mass is 280 g/mol. The number of hydrogen-bond acceptors (Lipinski definition) is 6. The molecule has 108 valence electrons. The smallest absolute Gasteiger partial charge is 0.287 e. The molecule has 0 aliphatic heterocycles. The minimum absolute atomic E-state index is 0.0103. The quantitative estimate of drug-likeness (QED) is 0.389. The van der Waals surface area contributed by atoms with Crippen LogP contribution in [-0.2, 0) is 9.47 Å². The average molecular weight is 280 g/mol. The summed E-state index contributed by atoms with van der Waals surface area (Å²) >= 11 is 0. The normalized spacial score (nSPS) is 10.0. The van der Waals surface area contributed by atoms with Gasteiger partial charge < -0.3 is 14.2 Å². The van der Waals surface area contributed by atoms with Gasteiger partial charge in [0.05, 0.1) is 24.7 Å². The third-order valence-electron chi connectivity index (χ3n) is 2.42. The van der Waals surface area contributed by atoms with Crippen LogP contribution in [-0.4, -0.2) is 38.5 Å². The highest BCUT2D eigenvalue weighted by molar-refractivity contribution is 5.52. The van der Waals surface area contributed by atoms with E-state index in [9.17, 15) is 10.1 Å². The van der Waals surface area contributed by atoms with E-state index < -0.39 is 4.92 Å². The largest absolute Gasteiger partial charge is 0.493 e. The zero-order valence-electron chi connectivity index (χ0n) is 11.2. The number of rotatable bonds is 9. The Morgan fingerprint density at radius 2 is 2.10 bits per heavy atom. The highest BCUT2D eigenvalue weighted by atomic mass is 16.6. The molecule has 1 aromatic rings. The fourth-order valence-corrected chi connectivity index (χ4v) is 1.45. The molecular formula is C13H16N2O5. The van der Waals surface area contributed by atoms with Crippen LogP contribution in [0, 0.1) is 21.4 Å². The number of hydrogen-bond donors (Lipinski definition) is 0. The fourth-order valence-electron chi connectivity index (χ4n) is 1.45. The number of nitro benzene ring substituents is 1. The Morgan fingerprint density at radius 3 is 2.75 bits per heavy atom. The molecule has 0 heterocycles. The summed E-state index contributed by atoms with van der Waals surface area (Å²) in [6, 6.07) is 5.89. The van der Waals surface area contributed by atoms with Gasteiger partial charge in [-0.3, -0.25) is 10.1 Å². The molecule has 0 radical (unpaired) electrons. The van der Waals surface area contributed by atoms with Crippen LogP contribution in [0.2, 0.25) is 0 Å². The Labute approximate surface area is 116 Å². The Bertz CT molecular complexity index is 484. The lowest BCUT2D eigenvalue weighted by molar-refractivity contribution is -0.385. The lowest BCUT2D eigenvalue weighted by atomic mass is 10.2. The second kappa shape index (κ2) is 8.85. The Morgan fingerprint density at radius 1 is 1.30 bits per heavy atom. The van der Waals surface area contributed by atoms with Crippen molar-refractivity contribution >= 4 is 5.69 Å². The Kier molecular flexibility index (Phi) is 7.03. The highest BCUT2D eigenvalue weighted by Crippen LogP contribution is 2.23. The van der Waals surface area contributed by atoms with E-state index in [-0.39, 0.29) is 11.3 Å². The molecule has 0 fully saturated rings. The summed E-state index contributed by atoms with van der Waals surface area (Å²) in [5, 5.41) is 19.5. The van der Waals surface area contributed by atoms with Crippen molar-refractivity contribution in [3.63, 3.8) is 0 Å². The summed E-state index contributed by atoms with van der Waals surface area (Å²) in [4.78, 5) is 10.1. The van der Waals surface area contributed by atoms with Gasteiger partial charge in [-0.15, -0.1) is 0 Å². The van der Waals surface area contributed by atoms with E-state index in [0.717, 1.165) is 0 Å². The molecule has 0 aliphatic carbocycles. The van der Waals surface area contributed by atoms with Crippen molar-refractivity contribution in [3.8, 4) is 11.8 Å². The Hall–Kier alpha value is -2.17. The first-order valence-corrected chi connectivity index (χ1v) is 6.07. The molecular weight excluding hydrogens is 264 g/mol. The van der Waals surface area contributed by atoms with Gasteiger partial charge in [0.15, 0.2) is 0 Å². The molecule has 7 heteroatoms. The lowest BCUT2D eigenvalue weighted by Gasteiger charge is -2.07. The van der Waals surface area contributed by atoms with Crippen molar-refractivity contribution in [1.29, 1.82) is 5.26 Å². The molecule has 0 atom stereocenters. The summed E-state index contributed by atoms with van der Waals surface area (Å²) in [6.07, 6.45) is 0.683. The maximum absolute atomic E-state index is 10.7. The molecule has 0 spiro atoms. The molecule has 0 unspecified atom stereocenters. The number of nitriles is 1. The molecule has 20 heavy (non-hydrogen) atoms. The molecule has 0 saturated heterocycles. The van der Waals surface area contributed by atoms with Crippen LogP contribution in [0.4, 0.5) is 5.69 Å². The van der Waals surface area contributed by atoms with Crippen LogP contribution >= 0.6 is 0 Å². The lowest BCUT2D eigenvalue weighted by Crippen LogP contribution is -2.07. The van der Waals surface area contributed by atoms with E-state index in [4.69, 9.17) is 19.5 Å². The van der Waals surface area contributed by atoms with Crippen LogP contribution in [0.3, 0.4) is 0 Å².